The van der Waals surface area contributed by atoms with E-state index in [1.807, 2.05) is 27.7 Å². The zero-order valence-electron chi connectivity index (χ0n) is 10.2. The number of nitrogens with zero attached hydrogens (tertiary/aromatic N) is 3. The third-order valence-corrected chi connectivity index (χ3v) is 2.16. The lowest BCUT2D eigenvalue weighted by atomic mass is 9.81. The molecule has 0 bridgehead atoms. The lowest BCUT2D eigenvalue weighted by Crippen LogP contribution is -2.37. The van der Waals surface area contributed by atoms with Crippen molar-refractivity contribution in [3.8, 4) is 0 Å². The van der Waals surface area contributed by atoms with E-state index in [0.29, 0.717) is 12.4 Å². The third kappa shape index (κ3) is 3.92. The van der Waals surface area contributed by atoms with Gasteiger partial charge < -0.3 is 10.1 Å². The number of carbonyl (C=O) groups is 1. The van der Waals surface area contributed by atoms with Gasteiger partial charge in [0, 0.05) is 11.0 Å². The van der Waals surface area contributed by atoms with E-state index in [0.717, 1.165) is 6.29 Å². The lowest BCUT2D eigenvalue weighted by Gasteiger charge is -2.32. The van der Waals surface area contributed by atoms with Crippen molar-refractivity contribution in [3.05, 3.63) is 12.7 Å². The maximum atomic E-state index is 10.9. The van der Waals surface area contributed by atoms with E-state index in [1.165, 1.54) is 12.7 Å². The molecule has 0 aromatic carbocycles. The number of nitrogens with one attached hydrogen (secondary N) is 1. The molecule has 0 saturated heterocycles. The van der Waals surface area contributed by atoms with Crippen molar-refractivity contribution in [1.82, 2.24) is 15.0 Å². The van der Waals surface area contributed by atoms with Crippen molar-refractivity contribution in [3.63, 3.8) is 0 Å². The van der Waals surface area contributed by atoms with E-state index in [-0.39, 0.29) is 11.0 Å². The first-order valence-electron chi connectivity index (χ1n) is 5.21. The van der Waals surface area contributed by atoms with Crippen molar-refractivity contribution in [2.75, 3.05) is 5.32 Å². The van der Waals surface area contributed by atoms with Crippen molar-refractivity contribution in [2.24, 2.45) is 5.41 Å². The summed E-state index contributed by atoms with van der Waals surface area (Å²) in [5.74, 6) is 0.529. The van der Waals surface area contributed by atoms with Gasteiger partial charge in [0.15, 0.2) is 0 Å². The first-order valence-corrected chi connectivity index (χ1v) is 5.21. The summed E-state index contributed by atoms with van der Waals surface area (Å²) < 4.78 is 0. The zero-order valence-corrected chi connectivity index (χ0v) is 10.2. The molecule has 0 aliphatic heterocycles. The fourth-order valence-electron chi connectivity index (χ4n) is 1.83. The number of hydrogen-bond acceptors (Lipinski definition) is 5. The summed E-state index contributed by atoms with van der Waals surface area (Å²) in [6.45, 7) is 7.86. The van der Waals surface area contributed by atoms with E-state index >= 15 is 0 Å². The molecule has 0 aliphatic carbocycles. The molecular formula is C11H18N4O. The standard InChI is InChI=1S/C11H18N4O/c1-10(2,6-16)5-11(3,4)15-9-13-7-12-8-14-9/h6-8H,5H2,1-4H3,(H,12,13,14,15). The average Bonchev–Trinajstić information content (AvgIpc) is 2.17. The SMILES string of the molecule is CC(C)(C=O)CC(C)(C)Nc1ncncn1. The van der Waals surface area contributed by atoms with Crippen molar-refractivity contribution in [1.29, 1.82) is 0 Å². The molecule has 1 heterocycles. The van der Waals surface area contributed by atoms with Crippen LogP contribution in [0, 0.1) is 5.41 Å². The molecule has 5 nitrogen and oxygen atoms in total. The summed E-state index contributed by atoms with van der Waals surface area (Å²) in [7, 11) is 0. The van der Waals surface area contributed by atoms with E-state index in [2.05, 4.69) is 20.3 Å². The van der Waals surface area contributed by atoms with Gasteiger partial charge in [0.25, 0.3) is 0 Å². The first-order chi connectivity index (χ1) is 7.35. The minimum Gasteiger partial charge on any atom is -0.349 e. The molecule has 88 valence electrons. The Hall–Kier alpha value is -1.52. The Morgan fingerprint density at radius 2 is 1.81 bits per heavy atom. The maximum absolute atomic E-state index is 10.9. The number of anilines is 1. The van der Waals surface area contributed by atoms with E-state index in [1.54, 1.807) is 0 Å². The average molecular weight is 222 g/mol. The highest BCUT2D eigenvalue weighted by atomic mass is 16.1. The second kappa shape index (κ2) is 4.55. The highest BCUT2D eigenvalue weighted by molar-refractivity contribution is 5.58. The molecule has 1 rings (SSSR count). The molecule has 1 N–H and O–H groups in total. The smallest absolute Gasteiger partial charge is 0.226 e. The van der Waals surface area contributed by atoms with Crippen LogP contribution in [0.4, 0.5) is 5.95 Å². The van der Waals surface area contributed by atoms with Gasteiger partial charge in [-0.1, -0.05) is 13.8 Å². The van der Waals surface area contributed by atoms with Crippen LogP contribution in [0.3, 0.4) is 0 Å². The highest BCUT2D eigenvalue weighted by Crippen LogP contribution is 2.27. The van der Waals surface area contributed by atoms with Crippen LogP contribution in [-0.2, 0) is 4.79 Å². The second-order valence-electron chi connectivity index (χ2n) is 5.25. The Morgan fingerprint density at radius 3 is 2.31 bits per heavy atom. The van der Waals surface area contributed by atoms with Crippen molar-refractivity contribution < 1.29 is 4.79 Å². The van der Waals surface area contributed by atoms with Crippen LogP contribution >= 0.6 is 0 Å². The summed E-state index contributed by atoms with van der Waals surface area (Å²) >= 11 is 0. The summed E-state index contributed by atoms with van der Waals surface area (Å²) in [5.41, 5.74) is -0.602. The third-order valence-electron chi connectivity index (χ3n) is 2.16. The normalized spacial score (nSPS) is 12.2. The zero-order chi connectivity index (χ0) is 12.2. The molecule has 0 fully saturated rings. The molecule has 0 aliphatic rings. The van der Waals surface area contributed by atoms with E-state index in [4.69, 9.17) is 0 Å². The van der Waals surface area contributed by atoms with Gasteiger partial charge in [0.2, 0.25) is 5.95 Å². The largest absolute Gasteiger partial charge is 0.349 e. The van der Waals surface area contributed by atoms with Crippen molar-refractivity contribution in [2.45, 2.75) is 39.7 Å². The van der Waals surface area contributed by atoms with Crippen LogP contribution in [0.1, 0.15) is 34.1 Å². The van der Waals surface area contributed by atoms with Gasteiger partial charge >= 0.3 is 0 Å². The fraction of sp³-hybridized carbons (Fsp3) is 0.636. The van der Waals surface area contributed by atoms with E-state index in [9.17, 15) is 4.79 Å². The van der Waals surface area contributed by atoms with Gasteiger partial charge in [-0.3, -0.25) is 0 Å². The topological polar surface area (TPSA) is 67.8 Å². The highest BCUT2D eigenvalue weighted by Gasteiger charge is 2.28. The maximum Gasteiger partial charge on any atom is 0.226 e. The predicted molar refractivity (Wildman–Crippen MR) is 62.0 cm³/mol. The molecule has 5 heteroatoms. The summed E-state index contributed by atoms with van der Waals surface area (Å²) in [4.78, 5) is 22.6. The number of carbonyl (C=O) groups excluding carboxylic acids is 1. The second-order valence-corrected chi connectivity index (χ2v) is 5.25. The monoisotopic (exact) mass is 222 g/mol. The molecule has 0 saturated carbocycles. The molecule has 0 amide bonds. The minimum atomic E-state index is -0.358. The number of rotatable bonds is 5. The van der Waals surface area contributed by atoms with Crippen LogP contribution in [0.15, 0.2) is 12.7 Å². The summed E-state index contributed by atoms with van der Waals surface area (Å²) in [5, 5.41) is 3.19. The molecular weight excluding hydrogens is 204 g/mol. The minimum absolute atomic E-state index is 0.244. The van der Waals surface area contributed by atoms with Crippen LogP contribution < -0.4 is 5.32 Å². The van der Waals surface area contributed by atoms with Crippen molar-refractivity contribution >= 4 is 12.2 Å². The van der Waals surface area contributed by atoms with E-state index < -0.39 is 0 Å². The Morgan fingerprint density at radius 1 is 1.25 bits per heavy atom. The molecule has 0 spiro atoms. The quantitative estimate of drug-likeness (QED) is 0.768. The van der Waals surface area contributed by atoms with Gasteiger partial charge in [-0.15, -0.1) is 0 Å². The van der Waals surface area contributed by atoms with Gasteiger partial charge in [-0.2, -0.15) is 0 Å². The molecule has 1 aromatic rings. The van der Waals surface area contributed by atoms with Gasteiger partial charge in [-0.25, -0.2) is 15.0 Å². The molecule has 16 heavy (non-hydrogen) atoms. The lowest BCUT2D eigenvalue weighted by molar-refractivity contribution is -0.115. The van der Waals surface area contributed by atoms with Gasteiger partial charge in [0.05, 0.1) is 0 Å². The van der Waals surface area contributed by atoms with Crippen LogP contribution in [0.5, 0.6) is 0 Å². The van der Waals surface area contributed by atoms with Gasteiger partial charge in [-0.05, 0) is 20.3 Å². The molecule has 1 aromatic heterocycles. The number of aldehydes is 1. The first kappa shape index (κ1) is 12.5. The van der Waals surface area contributed by atoms with Crippen LogP contribution in [-0.4, -0.2) is 26.8 Å². The Balaban J connectivity index is 2.69. The van der Waals surface area contributed by atoms with Crippen LogP contribution in [0.25, 0.3) is 0 Å². The van der Waals surface area contributed by atoms with Crippen LogP contribution in [0.2, 0.25) is 0 Å². The predicted octanol–water partition coefficient (Wildman–Crippen LogP) is 1.68. The Bertz CT molecular complexity index is 348. The molecule has 0 atom stereocenters. The summed E-state index contributed by atoms with van der Waals surface area (Å²) in [6, 6.07) is 0. The Labute approximate surface area is 95.7 Å². The number of aromatic nitrogens is 3. The van der Waals surface area contributed by atoms with Gasteiger partial charge in [0.1, 0.15) is 18.9 Å². The molecule has 0 radical (unpaired) electrons. The molecule has 0 unspecified atom stereocenters. The Kier molecular flexibility index (Phi) is 3.57. The number of hydrogen-bond donors (Lipinski definition) is 1. The fourth-order valence-corrected chi connectivity index (χ4v) is 1.83. The summed E-state index contributed by atoms with van der Waals surface area (Å²) in [6.07, 6.45) is 4.56.